The molecule has 0 saturated carbocycles. The Kier molecular flexibility index (Phi) is 39.6. The van der Waals surface area contributed by atoms with Gasteiger partial charge in [-0.2, -0.15) is 0 Å². The van der Waals surface area contributed by atoms with Crippen LogP contribution in [-0.2, 0) is 6.42 Å². The lowest BCUT2D eigenvalue weighted by molar-refractivity contribution is 0.284. The van der Waals surface area contributed by atoms with Crippen molar-refractivity contribution in [1.29, 1.82) is 0 Å². The van der Waals surface area contributed by atoms with Gasteiger partial charge in [-0.05, 0) is 48.6 Å². The average Bonchev–Trinajstić information content (AvgIpc) is 3.30. The van der Waals surface area contributed by atoms with E-state index in [-0.39, 0.29) is 0 Å². The lowest BCUT2D eigenvalue weighted by atomic mass is 10.0. The molecule has 0 aromatic heterocycles. The molecule has 0 spiro atoms. The number of thiocarbonyl (C=S) groups is 1. The fourth-order valence-electron chi connectivity index (χ4n) is 9.09. The number of ether oxygens (including phenoxy) is 2. The van der Waals surface area contributed by atoms with Crippen molar-refractivity contribution in [3.63, 3.8) is 0 Å². The predicted octanol–water partition coefficient (Wildman–Crippen LogP) is 20.7. The first kappa shape index (κ1) is 57.0. The van der Waals surface area contributed by atoms with Gasteiger partial charge in [0, 0.05) is 10.4 Å². The first-order valence-corrected chi connectivity index (χ1v) is 28.3. The number of allylic oxidation sites excluding steroid dienone is 1. The van der Waals surface area contributed by atoms with Crippen LogP contribution in [0.5, 0.6) is 11.5 Å². The third kappa shape index (κ3) is 33.1. The summed E-state index contributed by atoms with van der Waals surface area (Å²) in [5.74, 6) is 1.99. The summed E-state index contributed by atoms with van der Waals surface area (Å²) >= 11 is 5.78. The Hall–Kier alpha value is -2.13. The quantitative estimate of drug-likeness (QED) is 0.0286. The maximum atomic E-state index is 6.60. The SMILES string of the molecule is CCCCCCCCCCCCCCCCCCCCCOc1cc(C=CC(=S)c2ccccc2)cc(OCCCCCCCCCCCCCCCCCCCCC)c1CCC. The zero-order valence-electron chi connectivity index (χ0n) is 42.1. The van der Waals surface area contributed by atoms with Crippen molar-refractivity contribution >= 4 is 23.2 Å². The third-order valence-corrected chi connectivity index (χ3v) is 13.6. The van der Waals surface area contributed by atoms with E-state index in [1.807, 2.05) is 18.2 Å². The van der Waals surface area contributed by atoms with Crippen molar-refractivity contribution in [1.82, 2.24) is 0 Å². The number of benzene rings is 2. The zero-order valence-corrected chi connectivity index (χ0v) is 42.9. The minimum absolute atomic E-state index is 0.768. The van der Waals surface area contributed by atoms with Crippen LogP contribution in [0.4, 0.5) is 0 Å². The van der Waals surface area contributed by atoms with Crippen LogP contribution >= 0.6 is 12.2 Å². The maximum Gasteiger partial charge on any atom is 0.126 e. The summed E-state index contributed by atoms with van der Waals surface area (Å²) in [5.41, 5.74) is 3.41. The van der Waals surface area contributed by atoms with Gasteiger partial charge in [0.25, 0.3) is 0 Å². The highest BCUT2D eigenvalue weighted by Gasteiger charge is 2.13. The van der Waals surface area contributed by atoms with E-state index < -0.39 is 0 Å². The van der Waals surface area contributed by atoms with Crippen LogP contribution in [0.25, 0.3) is 6.08 Å². The summed E-state index contributed by atoms with van der Waals surface area (Å²) < 4.78 is 13.2. The molecule has 0 fully saturated rings. The Labute approximate surface area is 398 Å². The topological polar surface area (TPSA) is 18.5 Å². The van der Waals surface area contributed by atoms with E-state index in [0.717, 1.165) is 66.4 Å². The molecule has 0 heterocycles. The fourth-order valence-corrected chi connectivity index (χ4v) is 9.29. The lowest BCUT2D eigenvalue weighted by Gasteiger charge is -2.18. The molecule has 0 bridgehead atoms. The smallest absolute Gasteiger partial charge is 0.126 e. The highest BCUT2D eigenvalue weighted by molar-refractivity contribution is 7.81. The minimum atomic E-state index is 0.768. The molecule has 2 rings (SSSR count). The van der Waals surface area contributed by atoms with Crippen LogP contribution in [0.15, 0.2) is 48.5 Å². The molecule has 0 unspecified atom stereocenters. The van der Waals surface area contributed by atoms with Gasteiger partial charge in [-0.15, -0.1) is 0 Å². The van der Waals surface area contributed by atoms with Crippen molar-refractivity contribution in [2.24, 2.45) is 0 Å². The molecule has 360 valence electrons. The molecule has 0 aliphatic rings. The van der Waals surface area contributed by atoms with Crippen LogP contribution in [0.3, 0.4) is 0 Å². The molecule has 0 amide bonds. The number of rotatable bonds is 47. The van der Waals surface area contributed by atoms with Gasteiger partial charge in [0.15, 0.2) is 0 Å². The van der Waals surface area contributed by atoms with Gasteiger partial charge in [0.2, 0.25) is 0 Å². The van der Waals surface area contributed by atoms with Gasteiger partial charge < -0.3 is 9.47 Å². The monoisotopic (exact) mass is 887 g/mol. The van der Waals surface area contributed by atoms with Gasteiger partial charge in [-0.25, -0.2) is 0 Å². The van der Waals surface area contributed by atoms with Crippen LogP contribution in [0.2, 0.25) is 0 Å². The molecule has 0 radical (unpaired) electrons. The van der Waals surface area contributed by atoms with Crippen LogP contribution in [0.1, 0.15) is 288 Å². The van der Waals surface area contributed by atoms with E-state index in [1.54, 1.807) is 0 Å². The molecule has 0 N–H and O–H groups in total. The summed E-state index contributed by atoms with van der Waals surface area (Å²) in [6.07, 6.45) is 59.3. The Morgan fingerprint density at radius 3 is 1.00 bits per heavy atom. The second kappa shape index (κ2) is 43.7. The van der Waals surface area contributed by atoms with Gasteiger partial charge in [0.1, 0.15) is 11.5 Å². The Morgan fingerprint density at radius 2 is 0.698 bits per heavy atom. The molecule has 0 saturated heterocycles. The van der Waals surface area contributed by atoms with Crippen molar-refractivity contribution in [2.75, 3.05) is 13.2 Å². The predicted molar refractivity (Wildman–Crippen MR) is 285 cm³/mol. The maximum absolute atomic E-state index is 6.60. The van der Waals surface area contributed by atoms with E-state index in [2.05, 4.69) is 57.2 Å². The molecular formula is C60H102O2S. The number of hydrogen-bond donors (Lipinski definition) is 0. The second-order valence-electron chi connectivity index (χ2n) is 19.2. The molecule has 3 heteroatoms. The number of hydrogen-bond acceptors (Lipinski definition) is 3. The van der Waals surface area contributed by atoms with Crippen LogP contribution in [-0.4, -0.2) is 18.1 Å². The molecule has 0 aliphatic heterocycles. The molecular weight excluding hydrogens is 785 g/mol. The van der Waals surface area contributed by atoms with Crippen molar-refractivity contribution < 1.29 is 9.47 Å². The molecule has 63 heavy (non-hydrogen) atoms. The summed E-state index contributed by atoms with van der Waals surface area (Å²) in [6, 6.07) is 14.7. The summed E-state index contributed by atoms with van der Waals surface area (Å²) in [4.78, 5) is 0.848. The zero-order chi connectivity index (χ0) is 44.9. The third-order valence-electron chi connectivity index (χ3n) is 13.2. The standard InChI is InChI=1S/C60H102O2S/c1-4-7-9-11-13-15-17-19-21-23-25-27-29-31-33-35-37-39-44-51-61-58-53-55(49-50-60(63)56-47-42-41-43-48-56)54-59(57(58)46-6-3)62-52-45-40-38-36-34-32-30-28-26-24-22-20-18-16-14-12-10-8-5-2/h41-43,47-50,53-54H,4-40,44-46,51-52H2,1-3H3. The first-order chi connectivity index (χ1) is 31.2. The largest absolute Gasteiger partial charge is 0.493 e. The normalized spacial score (nSPS) is 11.5. The molecule has 0 aliphatic carbocycles. The summed E-state index contributed by atoms with van der Waals surface area (Å²) in [7, 11) is 0. The first-order valence-electron chi connectivity index (χ1n) is 27.9. The number of unbranched alkanes of at least 4 members (excludes halogenated alkanes) is 36. The Morgan fingerprint density at radius 1 is 0.397 bits per heavy atom. The molecule has 2 aromatic rings. The molecule has 2 aromatic carbocycles. The van der Waals surface area contributed by atoms with E-state index in [1.165, 1.54) is 237 Å². The highest BCUT2D eigenvalue weighted by Crippen LogP contribution is 2.34. The lowest BCUT2D eigenvalue weighted by Crippen LogP contribution is -2.05. The molecule has 2 nitrogen and oxygen atoms in total. The van der Waals surface area contributed by atoms with Crippen LogP contribution < -0.4 is 9.47 Å². The van der Waals surface area contributed by atoms with Crippen molar-refractivity contribution in [2.45, 2.75) is 278 Å². The Bertz CT molecular complexity index is 1250. The summed E-state index contributed by atoms with van der Waals surface area (Å²) in [5, 5.41) is 0. The minimum Gasteiger partial charge on any atom is -0.493 e. The van der Waals surface area contributed by atoms with Gasteiger partial charge in [0.05, 0.1) is 13.2 Å². The second-order valence-corrected chi connectivity index (χ2v) is 19.7. The van der Waals surface area contributed by atoms with Gasteiger partial charge in [-0.3, -0.25) is 0 Å². The fraction of sp³-hybridized carbons (Fsp3) is 0.750. The van der Waals surface area contributed by atoms with Crippen LogP contribution in [0, 0.1) is 0 Å². The van der Waals surface area contributed by atoms with E-state index in [4.69, 9.17) is 21.7 Å². The van der Waals surface area contributed by atoms with E-state index in [9.17, 15) is 0 Å². The van der Waals surface area contributed by atoms with E-state index in [0.29, 0.717) is 0 Å². The molecule has 0 atom stereocenters. The van der Waals surface area contributed by atoms with Gasteiger partial charge in [-0.1, -0.05) is 307 Å². The highest BCUT2D eigenvalue weighted by atomic mass is 32.1. The summed E-state index contributed by atoms with van der Waals surface area (Å²) in [6.45, 7) is 8.40. The van der Waals surface area contributed by atoms with Crippen molar-refractivity contribution in [3.05, 3.63) is 65.2 Å². The Balaban J connectivity index is 1.66. The van der Waals surface area contributed by atoms with E-state index >= 15 is 0 Å². The van der Waals surface area contributed by atoms with Crippen molar-refractivity contribution in [3.8, 4) is 11.5 Å². The van der Waals surface area contributed by atoms with Gasteiger partial charge >= 0.3 is 0 Å². The average molecular weight is 888 g/mol.